The maximum absolute atomic E-state index is 6.32. The summed E-state index contributed by atoms with van der Waals surface area (Å²) in [5.41, 5.74) is 9.57. The van der Waals surface area contributed by atoms with E-state index >= 15 is 0 Å². The molecule has 9 rings (SSSR count). The van der Waals surface area contributed by atoms with E-state index in [-0.39, 0.29) is 0 Å². The molecule has 0 saturated heterocycles. The van der Waals surface area contributed by atoms with Crippen LogP contribution in [0.1, 0.15) is 0 Å². The molecule has 0 bridgehead atoms. The van der Waals surface area contributed by atoms with Gasteiger partial charge in [0.1, 0.15) is 16.2 Å². The van der Waals surface area contributed by atoms with Crippen molar-refractivity contribution >= 4 is 71.3 Å². The maximum atomic E-state index is 6.32. The van der Waals surface area contributed by atoms with Crippen molar-refractivity contribution in [3.63, 3.8) is 0 Å². The Labute approximate surface area is 264 Å². The van der Waals surface area contributed by atoms with Gasteiger partial charge in [0.25, 0.3) is 0 Å². The van der Waals surface area contributed by atoms with Gasteiger partial charge in [-0.3, -0.25) is 0 Å². The first-order valence-electron chi connectivity index (χ1n) is 15.0. The molecule has 0 atom stereocenters. The third-order valence-electron chi connectivity index (χ3n) is 8.47. The first-order valence-corrected chi connectivity index (χ1v) is 15.9. The van der Waals surface area contributed by atoms with Crippen LogP contribution in [0.5, 0.6) is 0 Å². The topological polar surface area (TPSA) is 29.3 Å². The molecule has 2 aromatic heterocycles. The highest BCUT2D eigenvalue weighted by atomic mass is 32.1. The molecule has 0 unspecified atom stereocenters. The quantitative estimate of drug-likeness (QED) is 0.198. The molecule has 3 nitrogen and oxygen atoms in total. The molecule has 0 aliphatic heterocycles. The number of hydrogen-bond acceptors (Lipinski definition) is 4. The third kappa shape index (κ3) is 4.46. The van der Waals surface area contributed by atoms with E-state index in [9.17, 15) is 0 Å². The van der Waals surface area contributed by atoms with Crippen molar-refractivity contribution in [2.75, 3.05) is 4.90 Å². The number of rotatable bonds is 5. The number of benzene rings is 7. The molecule has 0 saturated carbocycles. The second-order valence-electron chi connectivity index (χ2n) is 11.2. The number of para-hydroxylation sites is 1. The van der Waals surface area contributed by atoms with E-state index in [0.29, 0.717) is 0 Å². The molecule has 0 aliphatic carbocycles. The van der Waals surface area contributed by atoms with Crippen LogP contribution in [0.15, 0.2) is 162 Å². The molecule has 2 heterocycles. The Kier molecular flexibility index (Phi) is 6.00. The highest BCUT2D eigenvalue weighted by Crippen LogP contribution is 2.42. The predicted molar refractivity (Wildman–Crippen MR) is 190 cm³/mol. The van der Waals surface area contributed by atoms with Gasteiger partial charge >= 0.3 is 0 Å². The van der Waals surface area contributed by atoms with E-state index in [4.69, 9.17) is 9.40 Å². The third-order valence-corrected chi connectivity index (χ3v) is 9.61. The Bertz CT molecular complexity index is 2480. The number of fused-ring (bicyclic) bond motifs is 6. The van der Waals surface area contributed by atoms with Crippen LogP contribution in [0.4, 0.5) is 17.1 Å². The standard InChI is InChI=1S/C41H26N2OS/c1-3-10-29(11-4-1)41-42-36-22-24-38-39(40(36)45-41)35-26-31(18-23-37(35)44-38)28-15-19-33(20-16-28)43(32-13-5-2-6-14-32)34-21-17-27-9-7-8-12-30(27)25-34/h1-26H. The summed E-state index contributed by atoms with van der Waals surface area (Å²) in [6.07, 6.45) is 0. The Balaban J connectivity index is 1.13. The number of nitrogens with zero attached hydrogens (tertiary/aromatic N) is 2. The minimum absolute atomic E-state index is 0.888. The first-order chi connectivity index (χ1) is 22.3. The van der Waals surface area contributed by atoms with E-state index in [1.807, 2.05) is 12.1 Å². The van der Waals surface area contributed by atoms with Crippen molar-refractivity contribution in [3.05, 3.63) is 158 Å². The molecular weight excluding hydrogens is 569 g/mol. The smallest absolute Gasteiger partial charge is 0.137 e. The summed E-state index contributed by atoms with van der Waals surface area (Å²) < 4.78 is 7.48. The van der Waals surface area contributed by atoms with Crippen LogP contribution < -0.4 is 4.90 Å². The van der Waals surface area contributed by atoms with Crippen LogP contribution >= 0.6 is 11.3 Å². The Morgan fingerprint density at radius 2 is 1.16 bits per heavy atom. The highest BCUT2D eigenvalue weighted by molar-refractivity contribution is 7.22. The van der Waals surface area contributed by atoms with Gasteiger partial charge in [-0.25, -0.2) is 4.98 Å². The van der Waals surface area contributed by atoms with Crippen molar-refractivity contribution in [2.45, 2.75) is 0 Å². The van der Waals surface area contributed by atoms with E-state index in [1.54, 1.807) is 11.3 Å². The summed E-state index contributed by atoms with van der Waals surface area (Å²) in [6.45, 7) is 0. The van der Waals surface area contributed by atoms with E-state index < -0.39 is 0 Å². The van der Waals surface area contributed by atoms with Gasteiger partial charge in [0.2, 0.25) is 0 Å². The first kappa shape index (κ1) is 25.8. The zero-order valence-corrected chi connectivity index (χ0v) is 25.0. The molecule has 0 radical (unpaired) electrons. The van der Waals surface area contributed by atoms with Crippen LogP contribution in [-0.4, -0.2) is 4.98 Å². The zero-order chi connectivity index (χ0) is 29.7. The fourth-order valence-corrected chi connectivity index (χ4v) is 7.40. The fourth-order valence-electron chi connectivity index (χ4n) is 6.27. The summed E-state index contributed by atoms with van der Waals surface area (Å²) in [5.74, 6) is 0. The molecule has 45 heavy (non-hydrogen) atoms. The molecular formula is C41H26N2OS. The van der Waals surface area contributed by atoms with Gasteiger partial charge in [0, 0.05) is 33.4 Å². The number of anilines is 3. The van der Waals surface area contributed by atoms with Crippen molar-refractivity contribution in [1.82, 2.24) is 4.98 Å². The second-order valence-corrected chi connectivity index (χ2v) is 12.2. The largest absolute Gasteiger partial charge is 0.456 e. The number of hydrogen-bond donors (Lipinski definition) is 0. The van der Waals surface area contributed by atoms with Crippen molar-refractivity contribution in [3.8, 4) is 21.7 Å². The van der Waals surface area contributed by atoms with E-state index in [1.165, 1.54) is 10.8 Å². The Hall–Kier alpha value is -5.71. The summed E-state index contributed by atoms with van der Waals surface area (Å²) in [7, 11) is 0. The molecule has 9 aromatic rings. The molecule has 0 fully saturated rings. The number of thiazole rings is 1. The van der Waals surface area contributed by atoms with Crippen LogP contribution in [0.2, 0.25) is 0 Å². The monoisotopic (exact) mass is 594 g/mol. The predicted octanol–water partition coefficient (Wildman–Crippen LogP) is 12.2. The molecule has 7 aromatic carbocycles. The average molecular weight is 595 g/mol. The highest BCUT2D eigenvalue weighted by Gasteiger charge is 2.17. The molecule has 4 heteroatoms. The minimum atomic E-state index is 0.888. The Morgan fingerprint density at radius 3 is 1.98 bits per heavy atom. The van der Waals surface area contributed by atoms with Crippen LogP contribution in [0, 0.1) is 0 Å². The lowest BCUT2D eigenvalue weighted by Crippen LogP contribution is -2.09. The second kappa shape index (κ2) is 10.5. The van der Waals surface area contributed by atoms with Gasteiger partial charge in [0.15, 0.2) is 0 Å². The Morgan fingerprint density at radius 1 is 0.489 bits per heavy atom. The maximum Gasteiger partial charge on any atom is 0.137 e. The van der Waals surface area contributed by atoms with Crippen LogP contribution in [-0.2, 0) is 0 Å². The van der Waals surface area contributed by atoms with E-state index in [0.717, 1.165) is 70.9 Å². The summed E-state index contributed by atoms with van der Waals surface area (Å²) in [4.78, 5) is 7.28. The zero-order valence-electron chi connectivity index (χ0n) is 24.2. The normalized spacial score (nSPS) is 11.6. The number of furan rings is 1. The number of aromatic nitrogens is 1. The molecule has 0 spiro atoms. The summed E-state index contributed by atoms with van der Waals surface area (Å²) >= 11 is 1.73. The van der Waals surface area contributed by atoms with Crippen molar-refractivity contribution in [2.24, 2.45) is 0 Å². The minimum Gasteiger partial charge on any atom is -0.456 e. The van der Waals surface area contributed by atoms with Gasteiger partial charge < -0.3 is 9.32 Å². The average Bonchev–Trinajstić information content (AvgIpc) is 3.71. The van der Waals surface area contributed by atoms with Gasteiger partial charge in [-0.1, -0.05) is 97.1 Å². The molecule has 0 amide bonds. The summed E-state index contributed by atoms with van der Waals surface area (Å²) in [5, 5.41) is 5.72. The van der Waals surface area contributed by atoms with Crippen LogP contribution in [0.25, 0.3) is 64.6 Å². The lowest BCUT2D eigenvalue weighted by molar-refractivity contribution is 0.669. The van der Waals surface area contributed by atoms with Crippen molar-refractivity contribution in [1.29, 1.82) is 0 Å². The SMILES string of the molecule is c1ccc(-c2nc3ccc4oc5ccc(-c6ccc(N(c7ccccc7)c7ccc8ccccc8c7)cc6)cc5c4c3s2)cc1. The molecule has 0 aliphatic rings. The van der Waals surface area contributed by atoms with Gasteiger partial charge in [0.05, 0.1) is 10.2 Å². The van der Waals surface area contributed by atoms with Crippen LogP contribution in [0.3, 0.4) is 0 Å². The van der Waals surface area contributed by atoms with Gasteiger partial charge in [-0.15, -0.1) is 11.3 Å². The molecule has 212 valence electrons. The van der Waals surface area contributed by atoms with Crippen molar-refractivity contribution < 1.29 is 4.42 Å². The lowest BCUT2D eigenvalue weighted by atomic mass is 10.0. The van der Waals surface area contributed by atoms with Gasteiger partial charge in [-0.2, -0.15) is 0 Å². The summed E-state index contributed by atoms with van der Waals surface area (Å²) in [6, 6.07) is 55.6. The molecule has 0 N–H and O–H groups in total. The van der Waals surface area contributed by atoms with Gasteiger partial charge in [-0.05, 0) is 82.6 Å². The fraction of sp³-hybridized carbons (Fsp3) is 0. The van der Waals surface area contributed by atoms with E-state index in [2.05, 4.69) is 150 Å². The lowest BCUT2D eigenvalue weighted by Gasteiger charge is -2.26.